The Labute approximate surface area is 138 Å². The quantitative estimate of drug-likeness (QED) is 0.615. The highest BCUT2D eigenvalue weighted by Crippen LogP contribution is 2.32. The molecule has 3 aromatic rings. The van der Waals surface area contributed by atoms with Gasteiger partial charge in [-0.2, -0.15) is 0 Å². The Morgan fingerprint density at radius 3 is 2.32 bits per heavy atom. The summed E-state index contributed by atoms with van der Waals surface area (Å²) in [5.41, 5.74) is 0.834. The molecule has 0 aliphatic carbocycles. The van der Waals surface area contributed by atoms with Gasteiger partial charge in [-0.3, -0.25) is 4.98 Å². The molecule has 0 unspecified atom stereocenters. The van der Waals surface area contributed by atoms with Crippen LogP contribution >= 0.6 is 23.2 Å². The van der Waals surface area contributed by atoms with E-state index < -0.39 is 0 Å². The number of pyridine rings is 1. The van der Waals surface area contributed by atoms with Gasteiger partial charge in [-0.15, -0.1) is 0 Å². The second-order valence-electron chi connectivity index (χ2n) is 4.58. The molecule has 112 valence electrons. The molecule has 0 atom stereocenters. The Kier molecular flexibility index (Phi) is 4.66. The number of hydrogen-bond acceptors (Lipinski definition) is 3. The highest BCUT2D eigenvalue weighted by atomic mass is 35.5. The van der Waals surface area contributed by atoms with Crippen LogP contribution in [-0.2, 0) is 0 Å². The van der Waals surface area contributed by atoms with Crippen LogP contribution in [0, 0.1) is 0 Å². The van der Waals surface area contributed by atoms with Crippen molar-refractivity contribution in [1.29, 1.82) is 0 Å². The third kappa shape index (κ3) is 3.26. The number of para-hydroxylation sites is 2. The number of benzene rings is 2. The highest BCUT2D eigenvalue weighted by Gasteiger charge is 2.07. The molecule has 0 aliphatic heterocycles. The van der Waals surface area contributed by atoms with E-state index in [1.54, 1.807) is 24.4 Å². The Morgan fingerprint density at radius 1 is 0.818 bits per heavy atom. The van der Waals surface area contributed by atoms with Gasteiger partial charge in [0.2, 0.25) is 0 Å². The molecule has 0 N–H and O–H groups in total. The molecule has 2 aromatic carbocycles. The number of ether oxygens (including phenoxy) is 2. The molecule has 0 aliphatic rings. The monoisotopic (exact) mass is 333 g/mol. The lowest BCUT2D eigenvalue weighted by atomic mass is 10.2. The molecule has 0 spiro atoms. The third-order valence-corrected chi connectivity index (χ3v) is 3.70. The summed E-state index contributed by atoms with van der Waals surface area (Å²) in [5.74, 6) is 1.21. The lowest BCUT2D eigenvalue weighted by molar-refractivity contribution is 0.218. The summed E-state index contributed by atoms with van der Waals surface area (Å²) in [5, 5.41) is 2.01. The smallest absolute Gasteiger partial charge is 0.156 e. The van der Waals surface area contributed by atoms with Gasteiger partial charge >= 0.3 is 0 Å². The molecule has 0 radical (unpaired) electrons. The van der Waals surface area contributed by atoms with Crippen molar-refractivity contribution in [2.24, 2.45) is 0 Å². The first kappa shape index (κ1) is 14.9. The number of aromatic nitrogens is 1. The number of nitrogens with zero attached hydrogens (tertiary/aromatic N) is 1. The topological polar surface area (TPSA) is 31.4 Å². The molecule has 3 nitrogen and oxygen atoms in total. The number of fused-ring (bicyclic) bond motifs is 1. The molecule has 22 heavy (non-hydrogen) atoms. The summed E-state index contributed by atoms with van der Waals surface area (Å²) < 4.78 is 11.3. The fraction of sp³-hybridized carbons (Fsp3) is 0.118. The molecule has 0 amide bonds. The predicted octanol–water partition coefficient (Wildman–Crippen LogP) is 5.00. The maximum absolute atomic E-state index is 6.04. The van der Waals surface area contributed by atoms with Gasteiger partial charge in [-0.25, -0.2) is 0 Å². The van der Waals surface area contributed by atoms with Gasteiger partial charge in [0.1, 0.15) is 24.5 Å². The van der Waals surface area contributed by atoms with E-state index in [0.29, 0.717) is 29.0 Å². The first-order valence-electron chi connectivity index (χ1n) is 6.79. The van der Waals surface area contributed by atoms with Crippen molar-refractivity contribution in [2.75, 3.05) is 13.2 Å². The van der Waals surface area contributed by atoms with Crippen molar-refractivity contribution < 1.29 is 9.47 Å². The van der Waals surface area contributed by atoms with Gasteiger partial charge in [-0.05, 0) is 24.3 Å². The summed E-state index contributed by atoms with van der Waals surface area (Å²) in [7, 11) is 0. The van der Waals surface area contributed by atoms with Crippen LogP contribution in [0.5, 0.6) is 11.5 Å². The zero-order chi connectivity index (χ0) is 15.4. The maximum Gasteiger partial charge on any atom is 0.156 e. The van der Waals surface area contributed by atoms with Gasteiger partial charge in [-0.1, -0.05) is 47.5 Å². The minimum Gasteiger partial charge on any atom is -0.488 e. The number of halogens is 2. The molecule has 5 heteroatoms. The zero-order valence-corrected chi connectivity index (χ0v) is 13.1. The van der Waals surface area contributed by atoms with Crippen LogP contribution in [-0.4, -0.2) is 18.2 Å². The summed E-state index contributed by atoms with van der Waals surface area (Å²) in [6, 6.07) is 15.0. The van der Waals surface area contributed by atoms with Crippen molar-refractivity contribution in [3.05, 3.63) is 64.8 Å². The summed E-state index contributed by atoms with van der Waals surface area (Å²) >= 11 is 12.1. The van der Waals surface area contributed by atoms with Crippen molar-refractivity contribution in [3.8, 4) is 11.5 Å². The standard InChI is InChI=1S/C17H13Cl2NO2/c18-13-6-2-7-14(19)17(13)22-11-10-21-15-8-1-4-12-5-3-9-20-16(12)15/h1-9H,10-11H2. The summed E-state index contributed by atoms with van der Waals surface area (Å²) in [4.78, 5) is 4.34. The molecule has 0 saturated carbocycles. The molecule has 1 heterocycles. The highest BCUT2D eigenvalue weighted by molar-refractivity contribution is 6.37. The van der Waals surface area contributed by atoms with E-state index in [2.05, 4.69) is 4.98 Å². The fourth-order valence-corrected chi connectivity index (χ4v) is 2.62. The van der Waals surface area contributed by atoms with Crippen LogP contribution in [0.3, 0.4) is 0 Å². The van der Waals surface area contributed by atoms with Crippen LogP contribution < -0.4 is 9.47 Å². The zero-order valence-electron chi connectivity index (χ0n) is 11.6. The first-order chi connectivity index (χ1) is 10.8. The Hall–Kier alpha value is -1.97. The van der Waals surface area contributed by atoms with Crippen LogP contribution in [0.2, 0.25) is 10.0 Å². The van der Waals surface area contributed by atoms with Crippen molar-refractivity contribution in [1.82, 2.24) is 4.98 Å². The Bertz CT molecular complexity index is 767. The average Bonchev–Trinajstić information content (AvgIpc) is 2.54. The first-order valence-corrected chi connectivity index (χ1v) is 7.54. The largest absolute Gasteiger partial charge is 0.488 e. The van der Waals surface area contributed by atoms with Crippen LogP contribution in [0.1, 0.15) is 0 Å². The lowest BCUT2D eigenvalue weighted by Crippen LogP contribution is -2.09. The average molecular weight is 334 g/mol. The molecule has 0 fully saturated rings. The number of hydrogen-bond donors (Lipinski definition) is 0. The van der Waals surface area contributed by atoms with Gasteiger partial charge in [0.25, 0.3) is 0 Å². The summed E-state index contributed by atoms with van der Waals surface area (Å²) in [6.07, 6.45) is 1.75. The van der Waals surface area contributed by atoms with Gasteiger partial charge in [0, 0.05) is 11.6 Å². The van der Waals surface area contributed by atoms with Crippen LogP contribution in [0.15, 0.2) is 54.7 Å². The fourth-order valence-electron chi connectivity index (χ4n) is 2.11. The molecule has 0 bridgehead atoms. The molecule has 0 saturated heterocycles. The lowest BCUT2D eigenvalue weighted by Gasteiger charge is -2.11. The molecular weight excluding hydrogens is 321 g/mol. The minimum absolute atomic E-state index is 0.340. The predicted molar refractivity (Wildman–Crippen MR) is 89.2 cm³/mol. The van der Waals surface area contributed by atoms with E-state index in [0.717, 1.165) is 16.7 Å². The Morgan fingerprint density at radius 2 is 1.50 bits per heavy atom. The van der Waals surface area contributed by atoms with E-state index in [9.17, 15) is 0 Å². The molecule has 3 rings (SSSR count). The van der Waals surface area contributed by atoms with E-state index in [1.165, 1.54) is 0 Å². The van der Waals surface area contributed by atoms with Crippen LogP contribution in [0.4, 0.5) is 0 Å². The SMILES string of the molecule is Clc1cccc(Cl)c1OCCOc1cccc2cccnc12. The van der Waals surface area contributed by atoms with Crippen molar-refractivity contribution in [3.63, 3.8) is 0 Å². The van der Waals surface area contributed by atoms with Gasteiger partial charge < -0.3 is 9.47 Å². The van der Waals surface area contributed by atoms with Gasteiger partial charge in [0.15, 0.2) is 5.75 Å². The van der Waals surface area contributed by atoms with E-state index in [-0.39, 0.29) is 0 Å². The summed E-state index contributed by atoms with van der Waals surface area (Å²) in [6.45, 7) is 0.712. The minimum atomic E-state index is 0.340. The maximum atomic E-state index is 6.04. The molecule has 1 aromatic heterocycles. The van der Waals surface area contributed by atoms with E-state index in [4.69, 9.17) is 32.7 Å². The van der Waals surface area contributed by atoms with Crippen molar-refractivity contribution in [2.45, 2.75) is 0 Å². The molecular formula is C17H13Cl2NO2. The normalized spacial score (nSPS) is 10.6. The van der Waals surface area contributed by atoms with Gasteiger partial charge in [0.05, 0.1) is 10.0 Å². The second-order valence-corrected chi connectivity index (χ2v) is 5.39. The Balaban J connectivity index is 1.63. The van der Waals surface area contributed by atoms with Crippen molar-refractivity contribution >= 4 is 34.1 Å². The second kappa shape index (κ2) is 6.86. The van der Waals surface area contributed by atoms with Crippen LogP contribution in [0.25, 0.3) is 10.9 Å². The van der Waals surface area contributed by atoms with E-state index in [1.807, 2.05) is 30.3 Å². The third-order valence-electron chi connectivity index (χ3n) is 3.10. The number of rotatable bonds is 5. The van der Waals surface area contributed by atoms with E-state index >= 15 is 0 Å².